The van der Waals surface area contributed by atoms with Crippen molar-refractivity contribution in [2.24, 2.45) is 0 Å². The normalized spacial score (nSPS) is 14.9. The first-order valence-corrected chi connectivity index (χ1v) is 6.80. The van der Waals surface area contributed by atoms with Crippen LogP contribution in [0.1, 0.15) is 64.6 Å². The van der Waals surface area contributed by atoms with Crippen LogP contribution in [0.25, 0.3) is 0 Å². The fourth-order valence-electron chi connectivity index (χ4n) is 2.16. The highest BCUT2D eigenvalue weighted by molar-refractivity contribution is 4.96. The predicted molar refractivity (Wildman–Crippen MR) is 69.0 cm³/mol. The van der Waals surface area contributed by atoms with Gasteiger partial charge in [0.05, 0.1) is 12.1 Å². The van der Waals surface area contributed by atoms with Crippen molar-refractivity contribution in [2.75, 3.05) is 0 Å². The number of aromatic nitrogens is 3. The van der Waals surface area contributed by atoms with Gasteiger partial charge in [0, 0.05) is 12.8 Å². The van der Waals surface area contributed by atoms with Gasteiger partial charge in [-0.1, -0.05) is 34.1 Å². The Hall–Kier alpha value is -0.900. The number of nitrogens with zero attached hydrogens (tertiary/aromatic N) is 3. The van der Waals surface area contributed by atoms with Crippen LogP contribution in [0.4, 0.5) is 0 Å². The second kappa shape index (κ2) is 6.74. The first-order chi connectivity index (χ1) is 8.17. The van der Waals surface area contributed by atoms with Gasteiger partial charge in [-0.3, -0.25) is 0 Å². The average molecular weight is 239 g/mol. The Kier molecular flexibility index (Phi) is 5.62. The summed E-state index contributed by atoms with van der Waals surface area (Å²) in [5.41, 5.74) is 0. The van der Waals surface area contributed by atoms with Crippen LogP contribution in [0.15, 0.2) is 0 Å². The monoisotopic (exact) mass is 239 g/mol. The van der Waals surface area contributed by atoms with Gasteiger partial charge in [0.2, 0.25) is 0 Å². The Morgan fingerprint density at radius 1 is 1.18 bits per heavy atom. The van der Waals surface area contributed by atoms with E-state index in [0.29, 0.717) is 0 Å². The molecule has 0 aliphatic rings. The Bertz CT molecular complexity index is 335. The highest BCUT2D eigenvalue weighted by Gasteiger charge is 2.22. The second-order valence-corrected chi connectivity index (χ2v) is 4.43. The standard InChI is InChI=1S/C13H25N3O/c1-5-9-11(17)10(6-2)16-13(8-4)14-12(7-3)15-16/h10-11,17H,5-9H2,1-4H3. The maximum atomic E-state index is 10.2. The third-order valence-electron chi connectivity index (χ3n) is 3.14. The largest absolute Gasteiger partial charge is 0.391 e. The average Bonchev–Trinajstić information content (AvgIpc) is 2.73. The molecule has 1 N–H and O–H groups in total. The molecule has 1 aromatic rings. The van der Waals surface area contributed by atoms with Crippen LogP contribution in [0.5, 0.6) is 0 Å². The SMILES string of the molecule is CCCC(O)C(CC)n1nc(CC)nc1CC. The molecule has 4 heteroatoms. The first kappa shape index (κ1) is 14.2. The summed E-state index contributed by atoms with van der Waals surface area (Å²) in [6.45, 7) is 8.33. The topological polar surface area (TPSA) is 50.9 Å². The minimum absolute atomic E-state index is 0.0673. The summed E-state index contributed by atoms with van der Waals surface area (Å²) in [7, 11) is 0. The Morgan fingerprint density at radius 2 is 1.88 bits per heavy atom. The van der Waals surface area contributed by atoms with E-state index in [2.05, 4.69) is 37.8 Å². The Labute approximate surface area is 104 Å². The van der Waals surface area contributed by atoms with E-state index in [0.717, 1.165) is 43.8 Å². The van der Waals surface area contributed by atoms with E-state index in [1.54, 1.807) is 0 Å². The quantitative estimate of drug-likeness (QED) is 0.795. The van der Waals surface area contributed by atoms with Crippen molar-refractivity contribution in [1.82, 2.24) is 14.8 Å². The highest BCUT2D eigenvalue weighted by atomic mass is 16.3. The van der Waals surface area contributed by atoms with Gasteiger partial charge >= 0.3 is 0 Å². The molecule has 1 rings (SSSR count). The van der Waals surface area contributed by atoms with Crippen LogP contribution < -0.4 is 0 Å². The molecule has 1 aromatic heterocycles. The molecule has 0 spiro atoms. The lowest BCUT2D eigenvalue weighted by atomic mass is 10.0. The number of aryl methyl sites for hydroxylation is 2. The summed E-state index contributed by atoms with van der Waals surface area (Å²) < 4.78 is 1.94. The molecule has 2 atom stereocenters. The lowest BCUT2D eigenvalue weighted by Crippen LogP contribution is -2.26. The molecule has 17 heavy (non-hydrogen) atoms. The fourth-order valence-corrected chi connectivity index (χ4v) is 2.16. The minimum Gasteiger partial charge on any atom is -0.391 e. The lowest BCUT2D eigenvalue weighted by molar-refractivity contribution is 0.0922. The van der Waals surface area contributed by atoms with Crippen LogP contribution in [0, 0.1) is 0 Å². The molecule has 0 radical (unpaired) electrons. The molecule has 2 unspecified atom stereocenters. The van der Waals surface area contributed by atoms with E-state index in [-0.39, 0.29) is 12.1 Å². The van der Waals surface area contributed by atoms with Gasteiger partial charge < -0.3 is 5.11 Å². The first-order valence-electron chi connectivity index (χ1n) is 6.80. The fraction of sp³-hybridized carbons (Fsp3) is 0.846. The maximum absolute atomic E-state index is 10.2. The summed E-state index contributed by atoms with van der Waals surface area (Å²) in [6.07, 6.45) is 4.10. The summed E-state index contributed by atoms with van der Waals surface area (Å²) in [5.74, 6) is 1.87. The Morgan fingerprint density at radius 3 is 2.35 bits per heavy atom. The van der Waals surface area contributed by atoms with Crippen molar-refractivity contribution in [1.29, 1.82) is 0 Å². The van der Waals surface area contributed by atoms with E-state index >= 15 is 0 Å². The smallest absolute Gasteiger partial charge is 0.150 e. The molecule has 0 saturated heterocycles. The number of aliphatic hydroxyl groups is 1. The molecular weight excluding hydrogens is 214 g/mol. The number of aliphatic hydroxyl groups excluding tert-OH is 1. The van der Waals surface area contributed by atoms with Crippen molar-refractivity contribution in [3.05, 3.63) is 11.6 Å². The third-order valence-corrected chi connectivity index (χ3v) is 3.14. The molecular formula is C13H25N3O. The van der Waals surface area contributed by atoms with Crippen molar-refractivity contribution in [3.8, 4) is 0 Å². The van der Waals surface area contributed by atoms with Crippen molar-refractivity contribution in [2.45, 2.75) is 71.9 Å². The predicted octanol–water partition coefficient (Wildman–Crippen LogP) is 2.52. The zero-order valence-electron chi connectivity index (χ0n) is 11.5. The molecule has 0 aromatic carbocycles. The van der Waals surface area contributed by atoms with Gasteiger partial charge in [-0.25, -0.2) is 9.67 Å². The van der Waals surface area contributed by atoms with Gasteiger partial charge in [-0.2, -0.15) is 5.10 Å². The summed E-state index contributed by atoms with van der Waals surface area (Å²) in [6, 6.07) is 0.0673. The molecule has 4 nitrogen and oxygen atoms in total. The van der Waals surface area contributed by atoms with Gasteiger partial charge in [-0.15, -0.1) is 0 Å². The van der Waals surface area contributed by atoms with Crippen molar-refractivity contribution >= 4 is 0 Å². The van der Waals surface area contributed by atoms with E-state index in [1.807, 2.05) is 4.68 Å². The summed E-state index contributed by atoms with van der Waals surface area (Å²) in [4.78, 5) is 4.50. The summed E-state index contributed by atoms with van der Waals surface area (Å²) in [5, 5.41) is 14.7. The van der Waals surface area contributed by atoms with E-state index in [4.69, 9.17) is 0 Å². The Balaban J connectivity index is 2.97. The van der Waals surface area contributed by atoms with Crippen LogP contribution >= 0.6 is 0 Å². The highest BCUT2D eigenvalue weighted by Crippen LogP contribution is 2.21. The third kappa shape index (κ3) is 3.28. The van der Waals surface area contributed by atoms with Crippen molar-refractivity contribution < 1.29 is 5.11 Å². The van der Waals surface area contributed by atoms with Crippen molar-refractivity contribution in [3.63, 3.8) is 0 Å². The summed E-state index contributed by atoms with van der Waals surface area (Å²) >= 11 is 0. The van der Waals surface area contributed by atoms with Gasteiger partial charge in [0.1, 0.15) is 5.82 Å². The molecule has 0 saturated carbocycles. The zero-order valence-corrected chi connectivity index (χ0v) is 11.5. The molecule has 0 fully saturated rings. The molecule has 0 amide bonds. The van der Waals surface area contributed by atoms with E-state index in [9.17, 15) is 5.11 Å². The number of hydrogen-bond acceptors (Lipinski definition) is 3. The number of rotatable bonds is 7. The molecule has 0 aliphatic heterocycles. The number of hydrogen-bond donors (Lipinski definition) is 1. The van der Waals surface area contributed by atoms with Gasteiger partial charge in [0.25, 0.3) is 0 Å². The van der Waals surface area contributed by atoms with E-state index < -0.39 is 0 Å². The van der Waals surface area contributed by atoms with Gasteiger partial charge in [0.15, 0.2) is 5.82 Å². The minimum atomic E-state index is -0.318. The molecule has 0 bridgehead atoms. The lowest BCUT2D eigenvalue weighted by Gasteiger charge is -2.22. The molecule has 98 valence electrons. The van der Waals surface area contributed by atoms with Crippen LogP contribution in [0.3, 0.4) is 0 Å². The molecule has 0 aliphatic carbocycles. The van der Waals surface area contributed by atoms with Crippen LogP contribution in [-0.2, 0) is 12.8 Å². The molecule has 1 heterocycles. The van der Waals surface area contributed by atoms with Gasteiger partial charge in [-0.05, 0) is 12.8 Å². The zero-order chi connectivity index (χ0) is 12.8. The van der Waals surface area contributed by atoms with Crippen LogP contribution in [0.2, 0.25) is 0 Å². The second-order valence-electron chi connectivity index (χ2n) is 4.43. The van der Waals surface area contributed by atoms with Crippen LogP contribution in [-0.4, -0.2) is 26.0 Å². The maximum Gasteiger partial charge on any atom is 0.150 e. The van der Waals surface area contributed by atoms with E-state index in [1.165, 1.54) is 0 Å².